The molecule has 2 heterocycles. The Morgan fingerprint density at radius 1 is 1.20 bits per heavy atom. The van der Waals surface area contributed by atoms with Crippen molar-refractivity contribution in [2.24, 2.45) is 0 Å². The number of nitrogens with one attached hydrogen (secondary N) is 1. The Balaban J connectivity index is 1.55. The summed E-state index contributed by atoms with van der Waals surface area (Å²) in [6.45, 7) is 5.79. The molecule has 0 aliphatic carbocycles. The third kappa shape index (κ3) is 4.02. The first-order chi connectivity index (χ1) is 12.0. The van der Waals surface area contributed by atoms with Crippen LogP contribution in [0.3, 0.4) is 0 Å². The number of amides is 3. The number of carbonyl (C=O) groups excluding carboxylic acids is 2. The molecule has 1 aromatic carbocycles. The molecule has 1 N–H and O–H groups in total. The van der Waals surface area contributed by atoms with Crippen molar-refractivity contribution in [2.75, 3.05) is 24.5 Å². The van der Waals surface area contributed by atoms with Crippen molar-refractivity contribution in [3.8, 4) is 0 Å². The third-order valence-electron chi connectivity index (χ3n) is 4.34. The van der Waals surface area contributed by atoms with Gasteiger partial charge in [0.25, 0.3) is 0 Å². The molecule has 0 radical (unpaired) electrons. The van der Waals surface area contributed by atoms with E-state index in [-0.39, 0.29) is 18.5 Å². The highest BCUT2D eigenvalue weighted by Gasteiger charge is 2.30. The predicted molar refractivity (Wildman–Crippen MR) is 95.4 cm³/mol. The van der Waals surface area contributed by atoms with Gasteiger partial charge >= 0.3 is 6.03 Å². The molecule has 1 aliphatic rings. The average molecular weight is 341 g/mol. The summed E-state index contributed by atoms with van der Waals surface area (Å²) in [4.78, 5) is 27.9. The molecule has 0 bridgehead atoms. The summed E-state index contributed by atoms with van der Waals surface area (Å²) in [6, 6.07) is 11.5. The van der Waals surface area contributed by atoms with Gasteiger partial charge in [0.15, 0.2) is 0 Å². The average Bonchev–Trinajstić information content (AvgIpc) is 3.24. The van der Waals surface area contributed by atoms with Crippen LogP contribution in [0.25, 0.3) is 0 Å². The van der Waals surface area contributed by atoms with E-state index in [0.29, 0.717) is 31.3 Å². The van der Waals surface area contributed by atoms with Crippen LogP contribution in [0.1, 0.15) is 31.1 Å². The predicted octanol–water partition coefficient (Wildman–Crippen LogP) is 2.96. The van der Waals surface area contributed by atoms with E-state index in [1.165, 1.54) is 5.56 Å². The van der Waals surface area contributed by atoms with Gasteiger partial charge < -0.3 is 14.6 Å². The molecule has 1 fully saturated rings. The fraction of sp³-hybridized carbons (Fsp3) is 0.368. The van der Waals surface area contributed by atoms with Crippen molar-refractivity contribution in [3.63, 3.8) is 0 Å². The van der Waals surface area contributed by atoms with Crippen molar-refractivity contribution in [1.29, 1.82) is 0 Å². The highest BCUT2D eigenvalue weighted by molar-refractivity contribution is 5.96. The minimum Gasteiger partial charge on any atom is -0.467 e. The fourth-order valence-electron chi connectivity index (χ4n) is 2.84. The normalized spacial score (nSPS) is 14.4. The van der Waals surface area contributed by atoms with Crippen LogP contribution in [-0.2, 0) is 11.3 Å². The van der Waals surface area contributed by atoms with Crippen molar-refractivity contribution in [2.45, 2.75) is 26.3 Å². The molecule has 1 saturated heterocycles. The van der Waals surface area contributed by atoms with E-state index < -0.39 is 0 Å². The third-order valence-corrected chi connectivity index (χ3v) is 4.34. The van der Waals surface area contributed by atoms with Gasteiger partial charge in [-0.15, -0.1) is 0 Å². The lowest BCUT2D eigenvalue weighted by Gasteiger charge is -2.19. The van der Waals surface area contributed by atoms with E-state index in [4.69, 9.17) is 4.42 Å². The number of hydrogen-bond donors (Lipinski definition) is 1. The quantitative estimate of drug-likeness (QED) is 0.878. The van der Waals surface area contributed by atoms with Crippen LogP contribution < -0.4 is 10.2 Å². The Morgan fingerprint density at radius 2 is 1.96 bits per heavy atom. The van der Waals surface area contributed by atoms with E-state index in [0.717, 1.165) is 5.69 Å². The van der Waals surface area contributed by atoms with Crippen LogP contribution in [0.4, 0.5) is 10.5 Å². The van der Waals surface area contributed by atoms with E-state index in [2.05, 4.69) is 19.2 Å². The summed E-state index contributed by atoms with van der Waals surface area (Å²) in [5.74, 6) is 0.951. The van der Waals surface area contributed by atoms with Gasteiger partial charge in [-0.25, -0.2) is 4.79 Å². The molecular formula is C19H23N3O3. The second-order valence-electron chi connectivity index (χ2n) is 6.46. The lowest BCUT2D eigenvalue weighted by atomic mass is 10.0. The van der Waals surface area contributed by atoms with Gasteiger partial charge in [0, 0.05) is 18.8 Å². The first-order valence-electron chi connectivity index (χ1n) is 8.50. The molecule has 3 amide bonds. The number of urea groups is 1. The van der Waals surface area contributed by atoms with E-state index in [1.54, 1.807) is 28.2 Å². The monoisotopic (exact) mass is 341 g/mol. The van der Waals surface area contributed by atoms with Crippen LogP contribution in [0, 0.1) is 0 Å². The van der Waals surface area contributed by atoms with Gasteiger partial charge in [-0.3, -0.25) is 9.69 Å². The Hall–Kier alpha value is -2.76. The molecule has 1 aromatic heterocycles. The van der Waals surface area contributed by atoms with Crippen LogP contribution in [-0.4, -0.2) is 36.5 Å². The van der Waals surface area contributed by atoms with Crippen LogP contribution in [0.5, 0.6) is 0 Å². The number of furan rings is 1. The summed E-state index contributed by atoms with van der Waals surface area (Å²) >= 11 is 0. The highest BCUT2D eigenvalue weighted by atomic mass is 16.3. The fourth-order valence-corrected chi connectivity index (χ4v) is 2.84. The maximum absolute atomic E-state index is 12.5. The Kier molecular flexibility index (Phi) is 5.07. The standard InChI is InChI=1S/C19H23N3O3/c1-14(2)15-5-7-16(8-6-15)22-10-9-21(19(22)24)13-18(23)20-12-17-4-3-11-25-17/h3-8,11,14H,9-10,12-13H2,1-2H3,(H,20,23). The number of nitrogens with zero attached hydrogens (tertiary/aromatic N) is 2. The molecule has 0 unspecified atom stereocenters. The maximum Gasteiger partial charge on any atom is 0.325 e. The molecule has 132 valence electrons. The van der Waals surface area contributed by atoms with Crippen LogP contribution in [0.2, 0.25) is 0 Å². The van der Waals surface area contributed by atoms with E-state index >= 15 is 0 Å². The SMILES string of the molecule is CC(C)c1ccc(N2CCN(CC(=O)NCc3ccco3)C2=O)cc1. The maximum atomic E-state index is 12.5. The van der Waals surface area contributed by atoms with Crippen LogP contribution in [0.15, 0.2) is 47.1 Å². The topological polar surface area (TPSA) is 65.8 Å². The van der Waals surface area contributed by atoms with Gasteiger partial charge in [0.1, 0.15) is 12.3 Å². The van der Waals surface area contributed by atoms with E-state index in [1.807, 2.05) is 24.3 Å². The van der Waals surface area contributed by atoms with Crippen molar-refractivity contribution < 1.29 is 14.0 Å². The second-order valence-corrected chi connectivity index (χ2v) is 6.46. The molecule has 3 rings (SSSR count). The smallest absolute Gasteiger partial charge is 0.325 e. The zero-order valence-electron chi connectivity index (χ0n) is 14.6. The first kappa shape index (κ1) is 17.1. The zero-order valence-corrected chi connectivity index (χ0v) is 14.6. The Bertz CT molecular complexity index is 723. The van der Waals surface area contributed by atoms with Crippen LogP contribution >= 0.6 is 0 Å². The van der Waals surface area contributed by atoms with E-state index in [9.17, 15) is 9.59 Å². The van der Waals surface area contributed by atoms with Gasteiger partial charge in [-0.1, -0.05) is 26.0 Å². The van der Waals surface area contributed by atoms with Crippen molar-refractivity contribution in [3.05, 3.63) is 54.0 Å². The number of benzene rings is 1. The molecule has 25 heavy (non-hydrogen) atoms. The molecule has 6 nitrogen and oxygen atoms in total. The molecule has 2 aromatic rings. The number of rotatable bonds is 6. The second kappa shape index (κ2) is 7.42. The molecule has 0 atom stereocenters. The zero-order chi connectivity index (χ0) is 17.8. The minimum atomic E-state index is -0.193. The number of hydrogen-bond acceptors (Lipinski definition) is 3. The number of anilines is 1. The van der Waals surface area contributed by atoms with Crippen molar-refractivity contribution in [1.82, 2.24) is 10.2 Å². The summed E-state index contributed by atoms with van der Waals surface area (Å²) in [5.41, 5.74) is 2.11. The summed E-state index contributed by atoms with van der Waals surface area (Å²) in [5, 5.41) is 2.76. The lowest BCUT2D eigenvalue weighted by Crippen LogP contribution is -2.39. The molecular weight excluding hydrogens is 318 g/mol. The molecule has 6 heteroatoms. The largest absolute Gasteiger partial charge is 0.467 e. The van der Waals surface area contributed by atoms with Crippen molar-refractivity contribution >= 4 is 17.6 Å². The molecule has 0 saturated carbocycles. The summed E-state index contributed by atoms with van der Waals surface area (Å²) in [6.07, 6.45) is 1.56. The van der Waals surface area contributed by atoms with Gasteiger partial charge in [-0.2, -0.15) is 0 Å². The summed E-state index contributed by atoms with van der Waals surface area (Å²) in [7, 11) is 0. The lowest BCUT2D eigenvalue weighted by molar-refractivity contribution is -0.121. The Morgan fingerprint density at radius 3 is 2.60 bits per heavy atom. The first-order valence-corrected chi connectivity index (χ1v) is 8.50. The number of carbonyl (C=O) groups is 2. The minimum absolute atomic E-state index is 0.0557. The van der Waals surface area contributed by atoms with Gasteiger partial charge in [0.2, 0.25) is 5.91 Å². The van der Waals surface area contributed by atoms with Gasteiger partial charge in [0.05, 0.1) is 12.8 Å². The van der Waals surface area contributed by atoms with Gasteiger partial charge in [-0.05, 0) is 35.7 Å². The summed E-state index contributed by atoms with van der Waals surface area (Å²) < 4.78 is 5.17. The Labute approximate surface area is 147 Å². The molecule has 0 spiro atoms. The molecule has 1 aliphatic heterocycles. The highest BCUT2D eigenvalue weighted by Crippen LogP contribution is 2.23.